The molecule has 7 heteroatoms. The molecule has 1 aliphatic carbocycles. The van der Waals surface area contributed by atoms with E-state index in [9.17, 15) is 4.79 Å². The fourth-order valence-corrected chi connectivity index (χ4v) is 5.45. The fourth-order valence-electron chi connectivity index (χ4n) is 5.45. The smallest absolute Gasteiger partial charge is 0.234 e. The second-order valence-corrected chi connectivity index (χ2v) is 9.10. The molecule has 2 heterocycles. The van der Waals surface area contributed by atoms with Gasteiger partial charge >= 0.3 is 0 Å². The summed E-state index contributed by atoms with van der Waals surface area (Å²) in [6, 6.07) is 4.12. The molecular formula is C24H37N3O4. The first kappa shape index (κ1) is 22.4. The van der Waals surface area contributed by atoms with E-state index < -0.39 is 0 Å². The van der Waals surface area contributed by atoms with Crippen molar-refractivity contribution in [3.8, 4) is 11.5 Å². The highest BCUT2D eigenvalue weighted by Crippen LogP contribution is 2.34. The van der Waals surface area contributed by atoms with Gasteiger partial charge in [-0.05, 0) is 42.5 Å². The zero-order valence-corrected chi connectivity index (χ0v) is 19.1. The Hall–Kier alpha value is -1.83. The van der Waals surface area contributed by atoms with Gasteiger partial charge in [0.05, 0.1) is 34.0 Å². The van der Waals surface area contributed by atoms with Gasteiger partial charge in [-0.15, -0.1) is 0 Å². The average Bonchev–Trinajstić information content (AvgIpc) is 2.83. The van der Waals surface area contributed by atoms with Crippen LogP contribution in [0, 0.1) is 0 Å². The lowest BCUT2D eigenvalue weighted by Gasteiger charge is -2.48. The van der Waals surface area contributed by atoms with E-state index in [1.165, 1.54) is 43.2 Å². The predicted molar refractivity (Wildman–Crippen MR) is 120 cm³/mol. The lowest BCUT2D eigenvalue weighted by Crippen LogP contribution is -2.60. The van der Waals surface area contributed by atoms with Crippen LogP contribution in [0.4, 0.5) is 0 Å². The summed E-state index contributed by atoms with van der Waals surface area (Å²) < 4.78 is 16.5. The van der Waals surface area contributed by atoms with Crippen molar-refractivity contribution in [1.82, 2.24) is 15.1 Å². The molecule has 3 aliphatic rings. The number of rotatable bonds is 7. The third-order valence-electron chi connectivity index (χ3n) is 7.25. The maximum atomic E-state index is 12.9. The van der Waals surface area contributed by atoms with Gasteiger partial charge in [-0.1, -0.05) is 19.3 Å². The summed E-state index contributed by atoms with van der Waals surface area (Å²) in [6.07, 6.45) is 7.07. The third kappa shape index (κ3) is 5.16. The van der Waals surface area contributed by atoms with E-state index in [0.29, 0.717) is 6.54 Å². The fraction of sp³-hybridized carbons (Fsp3) is 0.708. The van der Waals surface area contributed by atoms with Crippen molar-refractivity contribution < 1.29 is 19.0 Å². The molecule has 2 fully saturated rings. The van der Waals surface area contributed by atoms with E-state index >= 15 is 0 Å². The molecule has 1 saturated carbocycles. The molecule has 0 spiro atoms. The number of ether oxygens (including phenoxy) is 3. The topological polar surface area (TPSA) is 63.3 Å². The summed E-state index contributed by atoms with van der Waals surface area (Å²) in [4.78, 5) is 17.7. The van der Waals surface area contributed by atoms with Crippen molar-refractivity contribution in [2.45, 2.75) is 50.6 Å². The number of nitrogens with zero attached hydrogens (tertiary/aromatic N) is 2. The molecule has 1 aromatic carbocycles. The quantitative estimate of drug-likeness (QED) is 0.714. The number of hydrogen-bond donors (Lipinski definition) is 1. The van der Waals surface area contributed by atoms with E-state index in [2.05, 4.69) is 21.2 Å². The zero-order chi connectivity index (χ0) is 21.7. The first-order valence-electron chi connectivity index (χ1n) is 11.7. The zero-order valence-electron chi connectivity index (χ0n) is 19.1. The summed E-state index contributed by atoms with van der Waals surface area (Å²) in [6.45, 7) is 6.39. The van der Waals surface area contributed by atoms with Gasteiger partial charge in [-0.2, -0.15) is 0 Å². The highest BCUT2D eigenvalue weighted by atomic mass is 16.5. The molecule has 0 aromatic heterocycles. The largest absolute Gasteiger partial charge is 0.493 e. The minimum atomic E-state index is 0.107. The van der Waals surface area contributed by atoms with Crippen molar-refractivity contribution in [3.63, 3.8) is 0 Å². The summed E-state index contributed by atoms with van der Waals surface area (Å²) in [5, 5.41) is 3.29. The number of fused-ring (bicyclic) bond motifs is 1. The van der Waals surface area contributed by atoms with E-state index in [1.54, 1.807) is 14.2 Å². The molecule has 31 heavy (non-hydrogen) atoms. The Morgan fingerprint density at radius 2 is 1.71 bits per heavy atom. The van der Waals surface area contributed by atoms with Crippen LogP contribution in [0.2, 0.25) is 0 Å². The number of carbonyl (C=O) groups excluding carboxylic acids is 1. The third-order valence-corrected chi connectivity index (χ3v) is 7.25. The molecule has 0 unspecified atom stereocenters. The van der Waals surface area contributed by atoms with Gasteiger partial charge in [0.2, 0.25) is 5.91 Å². The van der Waals surface area contributed by atoms with Crippen LogP contribution in [-0.2, 0) is 22.5 Å². The lowest BCUT2D eigenvalue weighted by molar-refractivity contribution is -0.123. The number of benzene rings is 1. The van der Waals surface area contributed by atoms with Crippen molar-refractivity contribution in [3.05, 3.63) is 23.3 Å². The normalized spacial score (nSPS) is 21.9. The lowest BCUT2D eigenvalue weighted by atomic mass is 9.79. The van der Waals surface area contributed by atoms with E-state index in [0.717, 1.165) is 63.9 Å². The highest BCUT2D eigenvalue weighted by Gasteiger charge is 2.38. The van der Waals surface area contributed by atoms with Gasteiger partial charge < -0.3 is 19.5 Å². The van der Waals surface area contributed by atoms with Crippen LogP contribution in [0.5, 0.6) is 11.5 Å². The van der Waals surface area contributed by atoms with Gasteiger partial charge in [0.25, 0.3) is 0 Å². The Labute approximate surface area is 186 Å². The van der Waals surface area contributed by atoms with E-state index in [1.807, 2.05) is 6.07 Å². The van der Waals surface area contributed by atoms with Crippen LogP contribution >= 0.6 is 0 Å². The van der Waals surface area contributed by atoms with Gasteiger partial charge in [0, 0.05) is 38.3 Å². The molecule has 172 valence electrons. The minimum Gasteiger partial charge on any atom is -0.493 e. The molecular weight excluding hydrogens is 394 g/mol. The molecule has 0 radical (unpaired) electrons. The number of carbonyl (C=O) groups is 1. The monoisotopic (exact) mass is 431 g/mol. The maximum absolute atomic E-state index is 12.9. The van der Waals surface area contributed by atoms with Crippen molar-refractivity contribution >= 4 is 5.91 Å². The molecule has 4 rings (SSSR count). The summed E-state index contributed by atoms with van der Waals surface area (Å²) >= 11 is 0. The summed E-state index contributed by atoms with van der Waals surface area (Å²) in [5.74, 6) is 1.65. The van der Waals surface area contributed by atoms with Crippen LogP contribution in [0.25, 0.3) is 0 Å². The average molecular weight is 432 g/mol. The SMILES string of the molecule is COc1cc2c(cc1OC)CN(CC(=O)NCC1(N3CCOCC3)CCCCC1)CC2. The number of hydrogen-bond acceptors (Lipinski definition) is 6. The molecule has 0 atom stereocenters. The maximum Gasteiger partial charge on any atom is 0.234 e. The van der Waals surface area contributed by atoms with Gasteiger partial charge in [0.15, 0.2) is 11.5 Å². The highest BCUT2D eigenvalue weighted by molar-refractivity contribution is 5.78. The molecule has 1 aromatic rings. The first-order chi connectivity index (χ1) is 15.1. The van der Waals surface area contributed by atoms with Crippen molar-refractivity contribution in [2.24, 2.45) is 0 Å². The number of nitrogens with one attached hydrogen (secondary N) is 1. The Morgan fingerprint density at radius 3 is 2.39 bits per heavy atom. The Bertz CT molecular complexity index is 757. The van der Waals surface area contributed by atoms with Gasteiger partial charge in [-0.3, -0.25) is 14.6 Å². The Morgan fingerprint density at radius 1 is 1.03 bits per heavy atom. The van der Waals surface area contributed by atoms with Crippen molar-refractivity contribution in [2.75, 3.05) is 60.2 Å². The second-order valence-electron chi connectivity index (χ2n) is 9.10. The molecule has 1 saturated heterocycles. The van der Waals surface area contributed by atoms with Gasteiger partial charge in [-0.25, -0.2) is 0 Å². The van der Waals surface area contributed by atoms with Crippen LogP contribution in [0.1, 0.15) is 43.2 Å². The van der Waals surface area contributed by atoms with Gasteiger partial charge in [0.1, 0.15) is 0 Å². The first-order valence-corrected chi connectivity index (χ1v) is 11.7. The molecule has 0 bridgehead atoms. The standard InChI is InChI=1S/C24H37N3O4/c1-29-21-14-19-6-9-26(16-20(19)15-22(21)30-2)17-23(28)25-18-24(7-4-3-5-8-24)27-10-12-31-13-11-27/h14-15H,3-13,16-18H2,1-2H3,(H,25,28). The predicted octanol–water partition coefficient (Wildman–Crippen LogP) is 2.21. The van der Waals surface area contributed by atoms with E-state index in [-0.39, 0.29) is 11.4 Å². The number of methoxy groups -OCH3 is 2. The Kier molecular flexibility index (Phi) is 7.35. The second kappa shape index (κ2) is 10.2. The van der Waals surface area contributed by atoms with Crippen LogP contribution in [0.3, 0.4) is 0 Å². The molecule has 1 amide bonds. The molecule has 7 nitrogen and oxygen atoms in total. The van der Waals surface area contributed by atoms with Crippen LogP contribution < -0.4 is 14.8 Å². The number of amides is 1. The van der Waals surface area contributed by atoms with Crippen molar-refractivity contribution in [1.29, 1.82) is 0 Å². The molecule has 2 aliphatic heterocycles. The minimum absolute atomic E-state index is 0.107. The Balaban J connectivity index is 1.34. The molecule has 1 N–H and O–H groups in total. The summed E-state index contributed by atoms with van der Waals surface area (Å²) in [5.41, 5.74) is 2.60. The van der Waals surface area contributed by atoms with E-state index in [4.69, 9.17) is 14.2 Å². The number of morpholine rings is 1. The summed E-state index contributed by atoms with van der Waals surface area (Å²) in [7, 11) is 3.33. The van der Waals surface area contributed by atoms with Crippen LogP contribution in [-0.4, -0.2) is 81.4 Å². The van der Waals surface area contributed by atoms with Crippen LogP contribution in [0.15, 0.2) is 12.1 Å².